The number of esters is 1. The number of aryl methyl sites for hydroxylation is 1. The highest BCUT2D eigenvalue weighted by atomic mass is 16.5. The van der Waals surface area contributed by atoms with Crippen molar-refractivity contribution in [3.8, 4) is 0 Å². The molecule has 0 bridgehead atoms. The summed E-state index contributed by atoms with van der Waals surface area (Å²) in [6, 6.07) is 0. The number of hydrogen-bond acceptors (Lipinski definition) is 5. The number of ether oxygens (including phenoxy) is 1. The third kappa shape index (κ3) is 4.73. The summed E-state index contributed by atoms with van der Waals surface area (Å²) in [7, 11) is 0. The lowest BCUT2D eigenvalue weighted by atomic mass is 10.1. The maximum atomic E-state index is 11.9. The Kier molecular flexibility index (Phi) is 5.54. The first-order chi connectivity index (χ1) is 8.93. The summed E-state index contributed by atoms with van der Waals surface area (Å²) >= 11 is 0. The van der Waals surface area contributed by atoms with Gasteiger partial charge in [-0.15, -0.1) is 0 Å². The number of carbonyl (C=O) groups is 1. The Hall–Kier alpha value is -1.85. The van der Waals surface area contributed by atoms with Gasteiger partial charge in [-0.25, -0.2) is 4.98 Å². The minimum absolute atomic E-state index is 0.107. The molecule has 0 atom stereocenters. The van der Waals surface area contributed by atoms with Gasteiger partial charge in [0.1, 0.15) is 11.6 Å². The van der Waals surface area contributed by atoms with Crippen molar-refractivity contribution in [2.24, 2.45) is 5.92 Å². The molecule has 0 aliphatic heterocycles. The van der Waals surface area contributed by atoms with Gasteiger partial charge in [0.05, 0.1) is 18.6 Å². The molecule has 0 saturated carbocycles. The highest BCUT2D eigenvalue weighted by Gasteiger charge is 2.14. The van der Waals surface area contributed by atoms with E-state index in [1.807, 2.05) is 0 Å². The van der Waals surface area contributed by atoms with Crippen LogP contribution in [0.5, 0.6) is 0 Å². The van der Waals surface area contributed by atoms with Crippen molar-refractivity contribution in [2.45, 2.75) is 40.0 Å². The van der Waals surface area contributed by atoms with Gasteiger partial charge in [0.25, 0.3) is 5.56 Å². The molecule has 0 amide bonds. The van der Waals surface area contributed by atoms with E-state index in [9.17, 15) is 9.59 Å². The van der Waals surface area contributed by atoms with Crippen LogP contribution in [-0.4, -0.2) is 22.5 Å². The van der Waals surface area contributed by atoms with E-state index < -0.39 is 5.97 Å². The Bertz CT molecular complexity index is 494. The Morgan fingerprint density at radius 2 is 2.16 bits per heavy atom. The second-order valence-electron chi connectivity index (χ2n) is 4.79. The molecule has 0 saturated heterocycles. The number of nitrogens with one attached hydrogen (secondary N) is 1. The molecule has 1 rings (SSSR count). The van der Waals surface area contributed by atoms with Crippen molar-refractivity contribution in [3.05, 3.63) is 21.7 Å². The van der Waals surface area contributed by atoms with Crippen LogP contribution in [0.4, 0.5) is 5.82 Å². The van der Waals surface area contributed by atoms with Crippen LogP contribution in [0.1, 0.15) is 38.6 Å². The number of nitrogen functional groups attached to an aromatic ring is 1. The van der Waals surface area contributed by atoms with Crippen molar-refractivity contribution in [2.75, 3.05) is 12.3 Å². The van der Waals surface area contributed by atoms with E-state index in [2.05, 4.69) is 23.8 Å². The maximum absolute atomic E-state index is 11.9. The number of nitrogens with zero attached hydrogens (tertiary/aromatic N) is 1. The first-order valence-corrected chi connectivity index (χ1v) is 6.47. The molecule has 1 heterocycles. The van der Waals surface area contributed by atoms with Gasteiger partial charge in [-0.3, -0.25) is 9.59 Å². The summed E-state index contributed by atoms with van der Waals surface area (Å²) in [5, 5.41) is 0. The highest BCUT2D eigenvalue weighted by Crippen LogP contribution is 2.08. The van der Waals surface area contributed by atoms with Crippen LogP contribution in [0.3, 0.4) is 0 Å². The number of aromatic nitrogens is 2. The van der Waals surface area contributed by atoms with Crippen LogP contribution in [0, 0.1) is 5.92 Å². The van der Waals surface area contributed by atoms with Crippen LogP contribution < -0.4 is 11.3 Å². The standard InChI is InChI=1S/C13H21N3O3/c1-4-19-11(17)7-9-12(14)15-10(16-13(9)18)6-5-8(2)3/h8H,4-7H2,1-3H3,(H3,14,15,16,18). The maximum Gasteiger partial charge on any atom is 0.310 e. The van der Waals surface area contributed by atoms with Crippen molar-refractivity contribution in [1.82, 2.24) is 9.97 Å². The van der Waals surface area contributed by atoms with Crippen molar-refractivity contribution >= 4 is 11.8 Å². The van der Waals surface area contributed by atoms with E-state index >= 15 is 0 Å². The minimum Gasteiger partial charge on any atom is -0.466 e. The summed E-state index contributed by atoms with van der Waals surface area (Å²) < 4.78 is 4.79. The second-order valence-corrected chi connectivity index (χ2v) is 4.79. The Morgan fingerprint density at radius 3 is 2.68 bits per heavy atom. The van der Waals surface area contributed by atoms with Gasteiger partial charge in [-0.2, -0.15) is 0 Å². The van der Waals surface area contributed by atoms with Gasteiger partial charge in [0.15, 0.2) is 0 Å². The van der Waals surface area contributed by atoms with Crippen molar-refractivity contribution in [1.29, 1.82) is 0 Å². The summed E-state index contributed by atoms with van der Waals surface area (Å²) in [5.41, 5.74) is 5.55. The number of carbonyl (C=O) groups excluding carboxylic acids is 1. The monoisotopic (exact) mass is 267 g/mol. The fraction of sp³-hybridized carbons (Fsp3) is 0.615. The average molecular weight is 267 g/mol. The molecular formula is C13H21N3O3. The highest BCUT2D eigenvalue weighted by molar-refractivity contribution is 5.74. The smallest absolute Gasteiger partial charge is 0.310 e. The van der Waals surface area contributed by atoms with E-state index in [1.54, 1.807) is 6.92 Å². The first-order valence-electron chi connectivity index (χ1n) is 6.47. The molecule has 6 nitrogen and oxygen atoms in total. The molecule has 0 aliphatic rings. The zero-order valence-corrected chi connectivity index (χ0v) is 11.7. The number of hydrogen-bond donors (Lipinski definition) is 2. The zero-order chi connectivity index (χ0) is 14.4. The normalized spacial score (nSPS) is 10.7. The lowest BCUT2D eigenvalue weighted by molar-refractivity contribution is -0.142. The predicted molar refractivity (Wildman–Crippen MR) is 72.8 cm³/mol. The van der Waals surface area contributed by atoms with Crippen LogP contribution >= 0.6 is 0 Å². The molecule has 0 radical (unpaired) electrons. The number of aromatic amines is 1. The largest absolute Gasteiger partial charge is 0.466 e. The van der Waals surface area contributed by atoms with Gasteiger partial charge in [0.2, 0.25) is 0 Å². The molecule has 6 heteroatoms. The van der Waals surface area contributed by atoms with E-state index in [1.165, 1.54) is 0 Å². The van der Waals surface area contributed by atoms with E-state index in [-0.39, 0.29) is 30.0 Å². The molecule has 3 N–H and O–H groups in total. The van der Waals surface area contributed by atoms with Crippen LogP contribution in [0.2, 0.25) is 0 Å². The van der Waals surface area contributed by atoms with Gasteiger partial charge < -0.3 is 15.5 Å². The van der Waals surface area contributed by atoms with Crippen LogP contribution in [0.15, 0.2) is 4.79 Å². The van der Waals surface area contributed by atoms with E-state index in [4.69, 9.17) is 10.5 Å². The molecule has 1 aromatic heterocycles. The van der Waals surface area contributed by atoms with Gasteiger partial charge in [-0.1, -0.05) is 13.8 Å². The summed E-state index contributed by atoms with van der Waals surface area (Å²) in [4.78, 5) is 30.0. The van der Waals surface area contributed by atoms with Gasteiger partial charge in [-0.05, 0) is 19.3 Å². The molecule has 0 fully saturated rings. The fourth-order valence-corrected chi connectivity index (χ4v) is 1.63. The molecule has 19 heavy (non-hydrogen) atoms. The number of H-pyrrole nitrogens is 1. The third-order valence-corrected chi connectivity index (χ3v) is 2.68. The summed E-state index contributed by atoms with van der Waals surface area (Å²) in [6.45, 7) is 6.17. The van der Waals surface area contributed by atoms with E-state index in [0.717, 1.165) is 6.42 Å². The molecule has 106 valence electrons. The van der Waals surface area contributed by atoms with Gasteiger partial charge >= 0.3 is 5.97 Å². The molecule has 0 aliphatic carbocycles. The van der Waals surface area contributed by atoms with E-state index in [0.29, 0.717) is 18.2 Å². The molecular weight excluding hydrogens is 246 g/mol. The number of nitrogens with two attached hydrogens (primary N) is 1. The Morgan fingerprint density at radius 1 is 1.47 bits per heavy atom. The topological polar surface area (TPSA) is 98.1 Å². The Labute approximate surface area is 112 Å². The average Bonchev–Trinajstić information content (AvgIpc) is 2.31. The second kappa shape index (κ2) is 6.92. The molecule has 0 unspecified atom stereocenters. The lowest BCUT2D eigenvalue weighted by Gasteiger charge is -2.08. The van der Waals surface area contributed by atoms with Gasteiger partial charge in [0, 0.05) is 6.42 Å². The van der Waals surface area contributed by atoms with Crippen molar-refractivity contribution in [3.63, 3.8) is 0 Å². The summed E-state index contributed by atoms with van der Waals surface area (Å²) in [5.74, 6) is 0.710. The van der Waals surface area contributed by atoms with Crippen LogP contribution in [0.25, 0.3) is 0 Å². The molecule has 1 aromatic rings. The lowest BCUT2D eigenvalue weighted by Crippen LogP contribution is -2.23. The zero-order valence-electron chi connectivity index (χ0n) is 11.7. The summed E-state index contributed by atoms with van der Waals surface area (Å²) in [6.07, 6.45) is 1.43. The Balaban J connectivity index is 2.85. The fourth-order valence-electron chi connectivity index (χ4n) is 1.63. The number of rotatable bonds is 6. The third-order valence-electron chi connectivity index (χ3n) is 2.68. The quantitative estimate of drug-likeness (QED) is 0.751. The molecule has 0 aromatic carbocycles. The molecule has 0 spiro atoms. The first kappa shape index (κ1) is 15.2. The number of anilines is 1. The SMILES string of the molecule is CCOC(=O)Cc1c(N)nc(CCC(C)C)[nH]c1=O. The predicted octanol–water partition coefficient (Wildman–Crippen LogP) is 1.05. The van der Waals surface area contributed by atoms with Crippen LogP contribution in [-0.2, 0) is 22.4 Å². The minimum atomic E-state index is -0.476. The van der Waals surface area contributed by atoms with Crippen molar-refractivity contribution < 1.29 is 9.53 Å².